The lowest BCUT2D eigenvalue weighted by Crippen LogP contribution is -2.51. The van der Waals surface area contributed by atoms with Gasteiger partial charge in [0.05, 0.1) is 0 Å². The van der Waals surface area contributed by atoms with Crippen molar-refractivity contribution in [3.05, 3.63) is 0 Å². The van der Waals surface area contributed by atoms with Crippen LogP contribution in [-0.4, -0.2) is 0 Å². The third kappa shape index (κ3) is 0.947. The van der Waals surface area contributed by atoms with Gasteiger partial charge in [0.25, 0.3) is 0 Å². The van der Waals surface area contributed by atoms with Crippen LogP contribution in [0.1, 0.15) is 52.9 Å². The minimum atomic E-state index is 0.709. The first-order valence-electron chi connectivity index (χ1n) is 5.06. The molecule has 0 heterocycles. The molecule has 2 aliphatic carbocycles. The zero-order chi connectivity index (χ0) is 8.11. The third-order valence-corrected chi connectivity index (χ3v) is 4.37. The topological polar surface area (TPSA) is 0 Å². The maximum absolute atomic E-state index is 2.47. The summed E-state index contributed by atoms with van der Waals surface area (Å²) in [5, 5.41) is 0. The van der Waals surface area contributed by atoms with Crippen LogP contribution in [0.2, 0.25) is 0 Å². The molecule has 0 unspecified atom stereocenters. The molecule has 0 aliphatic heterocycles. The Labute approximate surface area is 70.4 Å². The predicted molar refractivity (Wildman–Crippen MR) is 48.5 cm³/mol. The molecule has 11 heavy (non-hydrogen) atoms. The first kappa shape index (κ1) is 7.64. The van der Waals surface area contributed by atoms with Crippen molar-refractivity contribution in [1.29, 1.82) is 0 Å². The van der Waals surface area contributed by atoms with Gasteiger partial charge in [-0.25, -0.2) is 0 Å². The summed E-state index contributed by atoms with van der Waals surface area (Å²) in [7, 11) is 0. The summed E-state index contributed by atoms with van der Waals surface area (Å²) in [5.74, 6) is 0.897. The quantitative estimate of drug-likeness (QED) is 0.538. The van der Waals surface area contributed by atoms with Crippen LogP contribution in [0.3, 0.4) is 0 Å². The van der Waals surface area contributed by atoms with Crippen molar-refractivity contribution in [2.75, 3.05) is 0 Å². The van der Waals surface area contributed by atoms with Gasteiger partial charge in [-0.1, -0.05) is 27.2 Å². The van der Waals surface area contributed by atoms with E-state index in [1.165, 1.54) is 32.1 Å². The van der Waals surface area contributed by atoms with Crippen LogP contribution in [0.25, 0.3) is 0 Å². The second-order valence-corrected chi connectivity index (χ2v) is 5.52. The van der Waals surface area contributed by atoms with E-state index in [0.29, 0.717) is 5.41 Å². The maximum Gasteiger partial charge on any atom is -0.0287 e. The molecule has 2 rings (SSSR count). The van der Waals surface area contributed by atoms with Crippen molar-refractivity contribution < 1.29 is 0 Å². The average molecular weight is 152 g/mol. The van der Waals surface area contributed by atoms with Crippen LogP contribution >= 0.6 is 0 Å². The summed E-state index contributed by atoms with van der Waals surface area (Å²) in [6.07, 6.45) is 7.63. The van der Waals surface area contributed by atoms with Crippen molar-refractivity contribution in [2.24, 2.45) is 16.7 Å². The Kier molecular flexibility index (Phi) is 1.41. The Morgan fingerprint density at radius 1 is 1.09 bits per heavy atom. The highest BCUT2D eigenvalue weighted by molar-refractivity contribution is 5.05. The Hall–Kier alpha value is 0. The van der Waals surface area contributed by atoms with E-state index in [1.807, 2.05) is 0 Å². The Bertz CT molecular complexity index is 155. The first-order chi connectivity index (χ1) is 5.06. The van der Waals surface area contributed by atoms with Gasteiger partial charge >= 0.3 is 0 Å². The van der Waals surface area contributed by atoms with E-state index in [2.05, 4.69) is 20.8 Å². The average Bonchev–Trinajstić information content (AvgIpc) is 1.75. The van der Waals surface area contributed by atoms with Gasteiger partial charge in [0.2, 0.25) is 0 Å². The van der Waals surface area contributed by atoms with E-state index < -0.39 is 0 Å². The van der Waals surface area contributed by atoms with Crippen molar-refractivity contribution in [1.82, 2.24) is 0 Å². The highest BCUT2D eigenvalue weighted by atomic mass is 14.6. The number of rotatable bonds is 1. The van der Waals surface area contributed by atoms with E-state index in [4.69, 9.17) is 0 Å². The molecule has 0 nitrogen and oxygen atoms in total. The Morgan fingerprint density at radius 3 is 1.91 bits per heavy atom. The molecule has 2 saturated carbocycles. The van der Waals surface area contributed by atoms with E-state index in [0.717, 1.165) is 11.3 Å². The largest absolute Gasteiger partial charge is 0.0623 e. The molecule has 0 saturated heterocycles. The van der Waals surface area contributed by atoms with Crippen molar-refractivity contribution in [3.63, 3.8) is 0 Å². The standard InChI is InChI=1S/C11H20/c1-9(2)10(3)7-11(8-10)5-4-6-11/h9H,4-8H2,1-3H3. The van der Waals surface area contributed by atoms with Gasteiger partial charge in [-0.15, -0.1) is 0 Å². The molecule has 0 heteroatoms. The summed E-state index contributed by atoms with van der Waals surface area (Å²) in [4.78, 5) is 0. The van der Waals surface area contributed by atoms with Crippen molar-refractivity contribution >= 4 is 0 Å². The molecular weight excluding hydrogens is 132 g/mol. The lowest BCUT2D eigenvalue weighted by atomic mass is 9.43. The second-order valence-electron chi connectivity index (χ2n) is 5.52. The lowest BCUT2D eigenvalue weighted by Gasteiger charge is -2.62. The third-order valence-electron chi connectivity index (χ3n) is 4.37. The van der Waals surface area contributed by atoms with Crippen molar-refractivity contribution in [2.45, 2.75) is 52.9 Å². The van der Waals surface area contributed by atoms with Gasteiger partial charge in [0.1, 0.15) is 0 Å². The monoisotopic (exact) mass is 152 g/mol. The van der Waals surface area contributed by atoms with Crippen LogP contribution in [0, 0.1) is 16.7 Å². The SMILES string of the molecule is CC(C)C1(C)CC2(CCC2)C1. The molecule has 0 bridgehead atoms. The van der Waals surface area contributed by atoms with Crippen LogP contribution < -0.4 is 0 Å². The highest BCUT2D eigenvalue weighted by Gasteiger charge is 2.55. The summed E-state index contributed by atoms with van der Waals surface area (Å²) in [6, 6.07) is 0. The molecule has 0 aromatic rings. The van der Waals surface area contributed by atoms with Gasteiger partial charge < -0.3 is 0 Å². The summed E-state index contributed by atoms with van der Waals surface area (Å²) < 4.78 is 0. The molecule has 0 aromatic carbocycles. The minimum Gasteiger partial charge on any atom is -0.0623 e. The molecule has 2 aliphatic rings. The predicted octanol–water partition coefficient (Wildman–Crippen LogP) is 3.61. The van der Waals surface area contributed by atoms with Crippen LogP contribution in [0.5, 0.6) is 0 Å². The normalized spacial score (nSPS) is 31.6. The maximum atomic E-state index is 2.47. The summed E-state index contributed by atoms with van der Waals surface area (Å²) in [6.45, 7) is 7.23. The fourth-order valence-electron chi connectivity index (χ4n) is 3.10. The molecular formula is C11H20. The molecule has 2 fully saturated rings. The smallest absolute Gasteiger partial charge is 0.0287 e. The minimum absolute atomic E-state index is 0.709. The summed E-state index contributed by atoms with van der Waals surface area (Å²) in [5.41, 5.74) is 1.57. The van der Waals surface area contributed by atoms with Gasteiger partial charge in [-0.2, -0.15) is 0 Å². The van der Waals surface area contributed by atoms with Crippen LogP contribution in [0.15, 0.2) is 0 Å². The zero-order valence-corrected chi connectivity index (χ0v) is 8.11. The van der Waals surface area contributed by atoms with E-state index in [-0.39, 0.29) is 0 Å². The van der Waals surface area contributed by atoms with Crippen LogP contribution in [-0.2, 0) is 0 Å². The van der Waals surface area contributed by atoms with Gasteiger partial charge in [-0.05, 0) is 42.4 Å². The number of hydrogen-bond donors (Lipinski definition) is 0. The van der Waals surface area contributed by atoms with Crippen LogP contribution in [0.4, 0.5) is 0 Å². The van der Waals surface area contributed by atoms with Crippen molar-refractivity contribution in [3.8, 4) is 0 Å². The molecule has 64 valence electrons. The lowest BCUT2D eigenvalue weighted by molar-refractivity contribution is -0.110. The van der Waals surface area contributed by atoms with E-state index >= 15 is 0 Å². The zero-order valence-electron chi connectivity index (χ0n) is 8.11. The molecule has 0 amide bonds. The van der Waals surface area contributed by atoms with Gasteiger partial charge in [-0.3, -0.25) is 0 Å². The molecule has 0 radical (unpaired) electrons. The van der Waals surface area contributed by atoms with E-state index in [1.54, 1.807) is 0 Å². The summed E-state index contributed by atoms with van der Waals surface area (Å²) >= 11 is 0. The van der Waals surface area contributed by atoms with Gasteiger partial charge in [0.15, 0.2) is 0 Å². The van der Waals surface area contributed by atoms with Gasteiger partial charge in [0, 0.05) is 0 Å². The Morgan fingerprint density at radius 2 is 1.64 bits per heavy atom. The fourth-order valence-corrected chi connectivity index (χ4v) is 3.10. The molecule has 0 N–H and O–H groups in total. The Balaban J connectivity index is 1.95. The fraction of sp³-hybridized carbons (Fsp3) is 1.00. The molecule has 1 spiro atoms. The number of hydrogen-bond acceptors (Lipinski definition) is 0. The highest BCUT2D eigenvalue weighted by Crippen LogP contribution is 2.66. The molecule has 0 aromatic heterocycles. The molecule has 0 atom stereocenters. The first-order valence-corrected chi connectivity index (χ1v) is 5.06. The van der Waals surface area contributed by atoms with E-state index in [9.17, 15) is 0 Å². The second kappa shape index (κ2) is 2.02.